The topological polar surface area (TPSA) is 87.7 Å². The third-order valence-corrected chi connectivity index (χ3v) is 8.03. The largest absolute Gasteiger partial charge is 0.444 e. The summed E-state index contributed by atoms with van der Waals surface area (Å²) in [5.41, 5.74) is 2.26. The van der Waals surface area contributed by atoms with Crippen LogP contribution >= 0.6 is 0 Å². The van der Waals surface area contributed by atoms with Crippen LogP contribution in [0.5, 0.6) is 0 Å². The first kappa shape index (κ1) is 30.0. The lowest BCUT2D eigenvalue weighted by molar-refractivity contribution is -0.144. The van der Waals surface area contributed by atoms with Gasteiger partial charge in [0.25, 0.3) is 0 Å². The first-order valence-electron chi connectivity index (χ1n) is 14.5. The van der Waals surface area contributed by atoms with Crippen LogP contribution < -0.4 is 10.6 Å². The van der Waals surface area contributed by atoms with Gasteiger partial charge < -0.3 is 20.3 Å². The molecule has 0 aliphatic heterocycles. The van der Waals surface area contributed by atoms with Crippen LogP contribution in [0.4, 0.5) is 4.79 Å². The first-order chi connectivity index (χ1) is 17.8. The van der Waals surface area contributed by atoms with E-state index in [1.54, 1.807) is 25.7 Å². The highest BCUT2D eigenvalue weighted by molar-refractivity contribution is 5.93. The molecule has 0 bridgehead atoms. The lowest BCUT2D eigenvalue weighted by Gasteiger charge is -2.38. The van der Waals surface area contributed by atoms with Crippen molar-refractivity contribution in [1.82, 2.24) is 15.5 Å². The molecule has 0 spiro atoms. The molecule has 2 fully saturated rings. The van der Waals surface area contributed by atoms with E-state index in [0.29, 0.717) is 6.42 Å². The minimum atomic E-state index is -0.793. The minimum Gasteiger partial charge on any atom is -0.444 e. The fourth-order valence-electron chi connectivity index (χ4n) is 5.53. The van der Waals surface area contributed by atoms with E-state index in [1.165, 1.54) is 6.42 Å². The van der Waals surface area contributed by atoms with Gasteiger partial charge in [-0.2, -0.15) is 0 Å². The number of rotatable bonds is 9. The van der Waals surface area contributed by atoms with Gasteiger partial charge in [0, 0.05) is 12.1 Å². The van der Waals surface area contributed by atoms with Crippen molar-refractivity contribution in [3.05, 3.63) is 34.9 Å². The lowest BCUT2D eigenvalue weighted by Crippen LogP contribution is -2.56. The summed E-state index contributed by atoms with van der Waals surface area (Å²) in [6.45, 7) is 15.5. The molecule has 1 aromatic rings. The smallest absolute Gasteiger partial charge is 0.408 e. The summed E-state index contributed by atoms with van der Waals surface area (Å²) in [6, 6.07) is 4.59. The molecule has 2 aliphatic rings. The van der Waals surface area contributed by atoms with E-state index in [4.69, 9.17) is 4.74 Å². The Kier molecular flexibility index (Phi) is 9.88. The van der Waals surface area contributed by atoms with Crippen LogP contribution in [-0.2, 0) is 14.3 Å². The Bertz CT molecular complexity index is 995. The highest BCUT2D eigenvalue weighted by atomic mass is 16.6. The van der Waals surface area contributed by atoms with E-state index in [-0.39, 0.29) is 35.7 Å². The third kappa shape index (κ3) is 7.73. The van der Waals surface area contributed by atoms with E-state index in [2.05, 4.69) is 23.6 Å². The number of amides is 3. The van der Waals surface area contributed by atoms with Crippen molar-refractivity contribution < 1.29 is 19.1 Å². The van der Waals surface area contributed by atoms with Gasteiger partial charge in [0.1, 0.15) is 17.7 Å². The van der Waals surface area contributed by atoms with E-state index < -0.39 is 23.8 Å². The summed E-state index contributed by atoms with van der Waals surface area (Å²) in [5.74, 6) is -0.193. The molecule has 2 N–H and O–H groups in total. The Morgan fingerprint density at radius 2 is 1.74 bits per heavy atom. The number of ether oxygens (including phenoxy) is 1. The van der Waals surface area contributed by atoms with Crippen LogP contribution in [0, 0.1) is 25.7 Å². The molecule has 3 rings (SSSR count). The highest BCUT2D eigenvalue weighted by Gasteiger charge is 2.49. The molecule has 7 heteroatoms. The fraction of sp³-hybridized carbons (Fsp3) is 0.710. The highest BCUT2D eigenvalue weighted by Crippen LogP contribution is 2.42. The SMILES string of the molecule is CCC(C)C(NC(=O)OC(C)(C)C)C(=O)N(C(C(=O)NC1CCCCC1)c1ccc(C)cc1C)C1CC1C. The molecule has 0 radical (unpaired) electrons. The van der Waals surface area contributed by atoms with Crippen molar-refractivity contribution >= 4 is 17.9 Å². The second-order valence-electron chi connectivity index (χ2n) is 12.6. The number of hydrogen-bond donors (Lipinski definition) is 2. The molecule has 5 atom stereocenters. The summed E-state index contributed by atoms with van der Waals surface area (Å²) in [4.78, 5) is 43.1. The quantitative estimate of drug-likeness (QED) is 0.414. The lowest BCUT2D eigenvalue weighted by atomic mass is 9.92. The van der Waals surface area contributed by atoms with Crippen molar-refractivity contribution in [2.24, 2.45) is 11.8 Å². The second kappa shape index (κ2) is 12.5. The summed E-state index contributed by atoms with van der Waals surface area (Å²) in [6.07, 6.45) is 6.27. The molecule has 2 aliphatic carbocycles. The molecule has 1 aromatic carbocycles. The van der Waals surface area contributed by atoms with E-state index >= 15 is 0 Å². The zero-order chi connectivity index (χ0) is 28.2. The van der Waals surface area contributed by atoms with E-state index in [0.717, 1.165) is 48.8 Å². The number of alkyl carbamates (subject to hydrolysis) is 1. The number of carbonyl (C=O) groups is 3. The number of nitrogens with one attached hydrogen (secondary N) is 2. The molecule has 0 heterocycles. The van der Waals surface area contributed by atoms with Crippen molar-refractivity contribution in [2.45, 2.75) is 130 Å². The molecular weight excluding hydrogens is 478 g/mol. The molecule has 3 amide bonds. The maximum atomic E-state index is 14.4. The van der Waals surface area contributed by atoms with Gasteiger partial charge in [0.2, 0.25) is 11.8 Å². The van der Waals surface area contributed by atoms with Crippen LogP contribution in [0.3, 0.4) is 0 Å². The van der Waals surface area contributed by atoms with Gasteiger partial charge in [0.15, 0.2) is 0 Å². The van der Waals surface area contributed by atoms with Gasteiger partial charge in [-0.3, -0.25) is 9.59 Å². The molecule has 0 aromatic heterocycles. The summed E-state index contributed by atoms with van der Waals surface area (Å²) in [7, 11) is 0. The number of aryl methyl sites for hydroxylation is 2. The van der Waals surface area contributed by atoms with Gasteiger partial charge in [-0.05, 0) is 76.8 Å². The van der Waals surface area contributed by atoms with Crippen LogP contribution in [0.15, 0.2) is 18.2 Å². The zero-order valence-electron chi connectivity index (χ0n) is 24.7. The van der Waals surface area contributed by atoms with Crippen LogP contribution in [-0.4, -0.2) is 46.5 Å². The second-order valence-corrected chi connectivity index (χ2v) is 12.6. The van der Waals surface area contributed by atoms with Gasteiger partial charge in [0.05, 0.1) is 0 Å². The summed E-state index contributed by atoms with van der Waals surface area (Å²) >= 11 is 0. The average molecular weight is 528 g/mol. The van der Waals surface area contributed by atoms with E-state index in [1.807, 2.05) is 39.8 Å². The van der Waals surface area contributed by atoms with Gasteiger partial charge >= 0.3 is 6.09 Å². The fourth-order valence-corrected chi connectivity index (χ4v) is 5.53. The van der Waals surface area contributed by atoms with Gasteiger partial charge in [-0.1, -0.05) is 70.2 Å². The Balaban J connectivity index is 2.02. The summed E-state index contributed by atoms with van der Waals surface area (Å²) in [5, 5.41) is 6.17. The molecular formula is C31H49N3O4. The van der Waals surface area contributed by atoms with E-state index in [9.17, 15) is 14.4 Å². The maximum Gasteiger partial charge on any atom is 0.408 e. The Morgan fingerprint density at radius 1 is 1.11 bits per heavy atom. The van der Waals surface area contributed by atoms with Crippen molar-refractivity contribution in [1.29, 1.82) is 0 Å². The number of nitrogens with zero attached hydrogens (tertiary/aromatic N) is 1. The zero-order valence-corrected chi connectivity index (χ0v) is 24.7. The number of benzene rings is 1. The first-order valence-corrected chi connectivity index (χ1v) is 14.5. The average Bonchev–Trinajstić information content (AvgIpc) is 3.55. The molecule has 5 unspecified atom stereocenters. The summed E-state index contributed by atoms with van der Waals surface area (Å²) < 4.78 is 5.52. The number of carbonyl (C=O) groups excluding carboxylic acids is 3. The van der Waals surface area contributed by atoms with Crippen molar-refractivity contribution in [2.75, 3.05) is 0 Å². The van der Waals surface area contributed by atoms with Crippen molar-refractivity contribution in [3.8, 4) is 0 Å². The van der Waals surface area contributed by atoms with Crippen LogP contribution in [0.1, 0.15) is 109 Å². The minimum absolute atomic E-state index is 0.0581. The number of hydrogen-bond acceptors (Lipinski definition) is 4. The molecule has 0 saturated heterocycles. The van der Waals surface area contributed by atoms with Gasteiger partial charge in [-0.15, -0.1) is 0 Å². The van der Waals surface area contributed by atoms with Gasteiger partial charge in [-0.25, -0.2) is 4.79 Å². The van der Waals surface area contributed by atoms with Crippen LogP contribution in [0.25, 0.3) is 0 Å². The Hall–Kier alpha value is -2.57. The Morgan fingerprint density at radius 3 is 2.26 bits per heavy atom. The predicted molar refractivity (Wildman–Crippen MR) is 151 cm³/mol. The Labute approximate surface area is 229 Å². The van der Waals surface area contributed by atoms with Crippen LogP contribution in [0.2, 0.25) is 0 Å². The predicted octanol–water partition coefficient (Wildman–Crippen LogP) is 5.97. The molecule has 7 nitrogen and oxygen atoms in total. The molecule has 38 heavy (non-hydrogen) atoms. The normalized spacial score (nSPS) is 22.1. The molecule has 2 saturated carbocycles. The standard InChI is InChI=1S/C31H49N3O4/c1-9-20(3)26(33-30(37)38-31(6,7)8)29(36)34(25-18-22(25)5)27(24-16-15-19(2)17-21(24)4)28(35)32-23-13-11-10-12-14-23/h15-17,20,22-23,25-27H,9-14,18H2,1-8H3,(H,32,35)(H,33,37). The third-order valence-electron chi connectivity index (χ3n) is 8.03. The molecule has 212 valence electrons. The van der Waals surface area contributed by atoms with Crippen molar-refractivity contribution in [3.63, 3.8) is 0 Å². The monoisotopic (exact) mass is 527 g/mol. The maximum absolute atomic E-state index is 14.4.